The molecule has 2 aromatic rings. The molecule has 0 radical (unpaired) electrons. The van der Waals surface area contributed by atoms with Gasteiger partial charge in [0.25, 0.3) is 0 Å². The van der Waals surface area contributed by atoms with Crippen LogP contribution in [0.2, 0.25) is 0 Å². The highest BCUT2D eigenvalue weighted by atomic mass is 32.2. The molecule has 0 amide bonds. The molecule has 1 aromatic heterocycles. The maximum atomic E-state index is 11.7. The van der Waals surface area contributed by atoms with E-state index in [1.54, 1.807) is 37.3 Å². The zero-order chi connectivity index (χ0) is 14.5. The molecule has 0 aliphatic heterocycles. The van der Waals surface area contributed by atoms with Crippen molar-refractivity contribution in [3.05, 3.63) is 42.4 Å². The summed E-state index contributed by atoms with van der Waals surface area (Å²) in [6.07, 6.45) is 1.40. The molecule has 2 rings (SSSR count). The molecule has 1 aromatic carbocycles. The van der Waals surface area contributed by atoms with Crippen LogP contribution in [0.25, 0.3) is 11.1 Å². The molecule has 0 aliphatic carbocycles. The van der Waals surface area contributed by atoms with E-state index < -0.39 is 17.2 Å². The molecule has 1 unspecified atom stereocenters. The Kier molecular flexibility index (Phi) is 4.54. The van der Waals surface area contributed by atoms with Crippen LogP contribution in [-0.2, 0) is 16.0 Å². The summed E-state index contributed by atoms with van der Waals surface area (Å²) in [5.74, 6) is -0.407. The van der Waals surface area contributed by atoms with Gasteiger partial charge in [0.05, 0.1) is 12.9 Å². The minimum atomic E-state index is -2.37. The van der Waals surface area contributed by atoms with E-state index in [-0.39, 0.29) is 12.4 Å². The SMILES string of the molecule is CCOC(=O)c1occc1-c1ccc(NS(=O)[O-])cc1. The number of hydrogen-bond acceptors (Lipinski definition) is 5. The van der Waals surface area contributed by atoms with E-state index in [0.717, 1.165) is 5.56 Å². The number of carbonyl (C=O) groups excluding carboxylic acids is 1. The Labute approximate surface area is 118 Å². The van der Waals surface area contributed by atoms with Gasteiger partial charge in [-0.3, -0.25) is 4.21 Å². The number of hydrogen-bond donors (Lipinski definition) is 1. The second kappa shape index (κ2) is 6.36. The average Bonchev–Trinajstić information content (AvgIpc) is 2.88. The molecule has 106 valence electrons. The Morgan fingerprint density at radius 1 is 1.35 bits per heavy atom. The Bertz CT molecular complexity index is 620. The predicted octanol–water partition coefficient (Wildman–Crippen LogP) is 2.33. The summed E-state index contributed by atoms with van der Waals surface area (Å²) in [4.78, 5) is 11.7. The average molecular weight is 294 g/mol. The maximum absolute atomic E-state index is 11.7. The molecule has 6 nitrogen and oxygen atoms in total. The summed E-state index contributed by atoms with van der Waals surface area (Å²) in [6, 6.07) is 8.20. The number of esters is 1. The van der Waals surface area contributed by atoms with Crippen molar-refractivity contribution >= 4 is 22.9 Å². The van der Waals surface area contributed by atoms with Crippen LogP contribution in [-0.4, -0.2) is 21.3 Å². The lowest BCUT2D eigenvalue weighted by Gasteiger charge is -2.09. The van der Waals surface area contributed by atoms with E-state index in [1.807, 2.05) is 0 Å². The molecule has 0 bridgehead atoms. The van der Waals surface area contributed by atoms with Crippen molar-refractivity contribution in [2.24, 2.45) is 0 Å². The van der Waals surface area contributed by atoms with Crippen molar-refractivity contribution in [1.82, 2.24) is 0 Å². The normalized spacial score (nSPS) is 11.9. The summed E-state index contributed by atoms with van der Waals surface area (Å²) in [5.41, 5.74) is 1.76. The fraction of sp³-hybridized carbons (Fsp3) is 0.154. The van der Waals surface area contributed by atoms with E-state index in [4.69, 9.17) is 9.15 Å². The van der Waals surface area contributed by atoms with E-state index in [2.05, 4.69) is 4.72 Å². The van der Waals surface area contributed by atoms with Gasteiger partial charge in [0, 0.05) is 22.5 Å². The third-order valence-electron chi connectivity index (χ3n) is 2.52. The quantitative estimate of drug-likeness (QED) is 0.675. The topological polar surface area (TPSA) is 91.6 Å². The number of nitrogens with one attached hydrogen (secondary N) is 1. The Balaban J connectivity index is 2.26. The first-order valence-electron chi connectivity index (χ1n) is 5.82. The van der Waals surface area contributed by atoms with Crippen molar-refractivity contribution < 1.29 is 22.7 Å². The first-order valence-corrected chi connectivity index (χ1v) is 6.90. The van der Waals surface area contributed by atoms with Gasteiger partial charge in [-0.15, -0.1) is 0 Å². The highest BCUT2D eigenvalue weighted by molar-refractivity contribution is 7.80. The van der Waals surface area contributed by atoms with Gasteiger partial charge >= 0.3 is 5.97 Å². The lowest BCUT2D eigenvalue weighted by molar-refractivity contribution is 0.0491. The zero-order valence-corrected chi connectivity index (χ0v) is 11.4. The third-order valence-corrected chi connectivity index (χ3v) is 2.93. The maximum Gasteiger partial charge on any atom is 0.374 e. The van der Waals surface area contributed by atoms with Crippen LogP contribution in [0.1, 0.15) is 17.5 Å². The predicted molar refractivity (Wildman–Crippen MR) is 72.6 cm³/mol. The van der Waals surface area contributed by atoms with Gasteiger partial charge in [0.1, 0.15) is 0 Å². The van der Waals surface area contributed by atoms with E-state index in [1.165, 1.54) is 6.26 Å². The standard InChI is InChI=1S/C13H13NO5S/c1-2-18-13(15)12-11(7-8-19-12)9-3-5-10(6-4-9)14-20(16)17/h3-8,14H,2H2,1H3,(H,16,17)/p-1. The summed E-state index contributed by atoms with van der Waals surface area (Å²) in [6.45, 7) is 1.97. The van der Waals surface area contributed by atoms with Gasteiger partial charge in [-0.2, -0.15) is 0 Å². The molecule has 0 fully saturated rings. The fourth-order valence-electron chi connectivity index (χ4n) is 1.71. The largest absolute Gasteiger partial charge is 0.755 e. The van der Waals surface area contributed by atoms with E-state index >= 15 is 0 Å². The van der Waals surface area contributed by atoms with E-state index in [9.17, 15) is 13.6 Å². The first kappa shape index (κ1) is 14.3. The molecule has 0 saturated carbocycles. The number of ether oxygens (including phenoxy) is 1. The van der Waals surface area contributed by atoms with Crippen molar-refractivity contribution in [1.29, 1.82) is 0 Å². The zero-order valence-electron chi connectivity index (χ0n) is 10.6. The van der Waals surface area contributed by atoms with Crippen LogP contribution in [0.15, 0.2) is 41.0 Å². The molecule has 0 aliphatic rings. The van der Waals surface area contributed by atoms with Gasteiger partial charge in [0.15, 0.2) is 0 Å². The first-order chi connectivity index (χ1) is 9.61. The number of anilines is 1. The summed E-state index contributed by atoms with van der Waals surface area (Å²) in [5, 5.41) is 0. The Morgan fingerprint density at radius 3 is 2.65 bits per heavy atom. The molecule has 7 heteroatoms. The Morgan fingerprint density at radius 2 is 2.05 bits per heavy atom. The van der Waals surface area contributed by atoms with Gasteiger partial charge in [-0.1, -0.05) is 12.1 Å². The molecule has 1 heterocycles. The van der Waals surface area contributed by atoms with Crippen molar-refractivity contribution in [2.45, 2.75) is 6.92 Å². The van der Waals surface area contributed by atoms with Crippen LogP contribution in [0.5, 0.6) is 0 Å². The van der Waals surface area contributed by atoms with Gasteiger partial charge in [0.2, 0.25) is 5.76 Å². The lowest BCUT2D eigenvalue weighted by atomic mass is 10.1. The monoisotopic (exact) mass is 294 g/mol. The fourth-order valence-corrected chi connectivity index (χ4v) is 2.03. The molecular formula is C13H12NO5S-. The van der Waals surface area contributed by atoms with Crippen molar-refractivity contribution in [2.75, 3.05) is 11.3 Å². The summed E-state index contributed by atoms with van der Waals surface area (Å²) >= 11 is -2.37. The van der Waals surface area contributed by atoms with Crippen LogP contribution in [0.3, 0.4) is 0 Å². The van der Waals surface area contributed by atoms with Crippen LogP contribution in [0, 0.1) is 0 Å². The minimum absolute atomic E-state index is 0.125. The molecule has 0 spiro atoms. The number of furan rings is 1. The lowest BCUT2D eigenvalue weighted by Crippen LogP contribution is -2.04. The molecule has 0 saturated heterocycles. The highest BCUT2D eigenvalue weighted by Crippen LogP contribution is 2.26. The minimum Gasteiger partial charge on any atom is -0.755 e. The van der Waals surface area contributed by atoms with Crippen LogP contribution in [0.4, 0.5) is 5.69 Å². The van der Waals surface area contributed by atoms with Crippen molar-refractivity contribution in [3.63, 3.8) is 0 Å². The Hall–Kier alpha value is -2.12. The second-order valence-electron chi connectivity index (χ2n) is 3.80. The second-order valence-corrected chi connectivity index (χ2v) is 4.47. The van der Waals surface area contributed by atoms with Gasteiger partial charge in [-0.05, 0) is 30.7 Å². The van der Waals surface area contributed by atoms with Crippen LogP contribution >= 0.6 is 0 Å². The molecule has 1 atom stereocenters. The third kappa shape index (κ3) is 3.25. The summed E-state index contributed by atoms with van der Waals surface area (Å²) in [7, 11) is 0. The van der Waals surface area contributed by atoms with Crippen LogP contribution < -0.4 is 4.72 Å². The number of rotatable bonds is 5. The van der Waals surface area contributed by atoms with Gasteiger partial charge in [-0.25, -0.2) is 4.79 Å². The van der Waals surface area contributed by atoms with Gasteiger partial charge < -0.3 is 18.4 Å². The molecular weight excluding hydrogens is 282 g/mol. The molecule has 1 N–H and O–H groups in total. The highest BCUT2D eigenvalue weighted by Gasteiger charge is 2.17. The smallest absolute Gasteiger partial charge is 0.374 e. The number of benzene rings is 1. The molecule has 20 heavy (non-hydrogen) atoms. The number of carbonyl (C=O) groups is 1. The summed E-state index contributed by atoms with van der Waals surface area (Å²) < 4.78 is 33.3. The van der Waals surface area contributed by atoms with E-state index in [0.29, 0.717) is 11.3 Å². The van der Waals surface area contributed by atoms with Crippen molar-refractivity contribution in [3.8, 4) is 11.1 Å².